The fourth-order valence-corrected chi connectivity index (χ4v) is 3.96. The number of para-hydroxylation sites is 1. The zero-order valence-electron chi connectivity index (χ0n) is 14.6. The van der Waals surface area contributed by atoms with Crippen molar-refractivity contribution in [3.05, 3.63) is 92.7 Å². The molecule has 0 spiro atoms. The number of anilines is 1. The van der Waals surface area contributed by atoms with Crippen LogP contribution in [0.3, 0.4) is 0 Å². The van der Waals surface area contributed by atoms with Gasteiger partial charge in [-0.2, -0.15) is 0 Å². The highest BCUT2D eigenvalue weighted by Crippen LogP contribution is 2.38. The lowest BCUT2D eigenvalue weighted by Crippen LogP contribution is -2.35. The molecular weight excluding hydrogens is 402 g/mol. The van der Waals surface area contributed by atoms with E-state index in [9.17, 15) is 4.79 Å². The van der Waals surface area contributed by atoms with Gasteiger partial charge in [0.25, 0.3) is 5.56 Å². The highest BCUT2D eigenvalue weighted by Gasteiger charge is 2.28. The van der Waals surface area contributed by atoms with E-state index in [1.54, 1.807) is 4.57 Å². The summed E-state index contributed by atoms with van der Waals surface area (Å²) >= 11 is 3.54. The van der Waals surface area contributed by atoms with E-state index in [1.807, 2.05) is 42.5 Å². The number of hydrogen-bond acceptors (Lipinski definition) is 3. The van der Waals surface area contributed by atoms with Crippen molar-refractivity contribution in [3.8, 4) is 11.4 Å². The molecule has 3 aromatic carbocycles. The van der Waals surface area contributed by atoms with E-state index in [0.29, 0.717) is 16.7 Å². The Morgan fingerprint density at radius 3 is 2.63 bits per heavy atom. The van der Waals surface area contributed by atoms with Crippen LogP contribution in [0.2, 0.25) is 0 Å². The van der Waals surface area contributed by atoms with E-state index in [0.717, 1.165) is 21.3 Å². The third-order valence-corrected chi connectivity index (χ3v) is 5.47. The summed E-state index contributed by atoms with van der Waals surface area (Å²) in [5.74, 6) is 0.680. The zero-order valence-corrected chi connectivity index (χ0v) is 16.2. The number of benzene rings is 3. The molecule has 132 valence electrons. The second kappa shape index (κ2) is 6.06. The molecule has 0 amide bonds. The van der Waals surface area contributed by atoms with E-state index in [4.69, 9.17) is 4.98 Å². The predicted molar refractivity (Wildman–Crippen MR) is 112 cm³/mol. The van der Waals surface area contributed by atoms with Gasteiger partial charge >= 0.3 is 0 Å². The first-order chi connectivity index (χ1) is 13.1. The van der Waals surface area contributed by atoms with Crippen molar-refractivity contribution >= 4 is 32.5 Å². The van der Waals surface area contributed by atoms with Gasteiger partial charge in [-0.15, -0.1) is 0 Å². The Morgan fingerprint density at radius 1 is 1.04 bits per heavy atom. The van der Waals surface area contributed by atoms with Crippen LogP contribution in [0.25, 0.3) is 22.3 Å². The normalized spacial score (nSPS) is 15.1. The summed E-state index contributed by atoms with van der Waals surface area (Å²) in [4.78, 5) is 18.2. The number of halogens is 1. The maximum absolute atomic E-state index is 13.4. The van der Waals surface area contributed by atoms with Crippen LogP contribution in [-0.2, 0) is 0 Å². The first kappa shape index (κ1) is 16.3. The van der Waals surface area contributed by atoms with Gasteiger partial charge in [0.05, 0.1) is 10.9 Å². The average Bonchev–Trinajstić information content (AvgIpc) is 2.68. The maximum atomic E-state index is 13.4. The molecule has 2 heterocycles. The number of aromatic nitrogens is 2. The summed E-state index contributed by atoms with van der Waals surface area (Å²) in [5, 5.41) is 4.15. The Balaban J connectivity index is 1.86. The van der Waals surface area contributed by atoms with E-state index in [2.05, 4.69) is 52.4 Å². The molecule has 4 nitrogen and oxygen atoms in total. The first-order valence-electron chi connectivity index (χ1n) is 8.76. The Bertz CT molecular complexity index is 1240. The SMILES string of the molecule is Cc1ccc(C2Nc3ccc(Br)cc3-c3nc4ccccc4c(=O)n32)cc1. The predicted octanol–water partition coefficient (Wildman–Crippen LogP) is 5.11. The van der Waals surface area contributed by atoms with Crippen LogP contribution < -0.4 is 10.9 Å². The summed E-state index contributed by atoms with van der Waals surface area (Å²) in [6, 6.07) is 21.8. The number of nitrogens with one attached hydrogen (secondary N) is 1. The van der Waals surface area contributed by atoms with Crippen LogP contribution in [0.15, 0.2) is 76.0 Å². The highest BCUT2D eigenvalue weighted by molar-refractivity contribution is 9.10. The van der Waals surface area contributed by atoms with E-state index < -0.39 is 0 Å². The van der Waals surface area contributed by atoms with Crippen molar-refractivity contribution in [1.29, 1.82) is 0 Å². The molecule has 5 heteroatoms. The molecule has 1 atom stereocenters. The standard InChI is InChI=1S/C22H16BrN3O/c1-13-6-8-14(9-7-13)20-24-19-11-10-15(23)12-17(19)21-25-18-5-3-2-4-16(18)22(27)26(20)21/h2-12,20,24H,1H3. The summed E-state index contributed by atoms with van der Waals surface area (Å²) in [5.41, 5.74) is 4.75. The Kier molecular flexibility index (Phi) is 3.65. The van der Waals surface area contributed by atoms with Crippen LogP contribution in [0.4, 0.5) is 5.69 Å². The van der Waals surface area contributed by atoms with Crippen molar-refractivity contribution < 1.29 is 0 Å². The van der Waals surface area contributed by atoms with Crippen molar-refractivity contribution in [2.45, 2.75) is 13.1 Å². The highest BCUT2D eigenvalue weighted by atomic mass is 79.9. The molecule has 1 unspecified atom stereocenters. The van der Waals surface area contributed by atoms with Crippen LogP contribution in [-0.4, -0.2) is 9.55 Å². The average molecular weight is 418 g/mol. The Hall–Kier alpha value is -2.92. The third-order valence-electron chi connectivity index (χ3n) is 4.97. The minimum Gasteiger partial charge on any atom is -0.360 e. The number of rotatable bonds is 1. The smallest absolute Gasteiger partial charge is 0.263 e. The third kappa shape index (κ3) is 2.58. The van der Waals surface area contributed by atoms with Gasteiger partial charge < -0.3 is 5.32 Å². The number of aryl methyl sites for hydroxylation is 1. The molecule has 0 fully saturated rings. The van der Waals surface area contributed by atoms with Crippen LogP contribution >= 0.6 is 15.9 Å². The fourth-order valence-electron chi connectivity index (χ4n) is 3.60. The van der Waals surface area contributed by atoms with Gasteiger partial charge in [0.2, 0.25) is 0 Å². The Morgan fingerprint density at radius 2 is 1.81 bits per heavy atom. The lowest BCUT2D eigenvalue weighted by atomic mass is 10.0. The topological polar surface area (TPSA) is 46.9 Å². The molecular formula is C22H16BrN3O. The number of nitrogens with zero attached hydrogens (tertiary/aromatic N) is 2. The van der Waals surface area contributed by atoms with Gasteiger partial charge in [0.15, 0.2) is 0 Å². The second-order valence-corrected chi connectivity index (χ2v) is 7.69. The van der Waals surface area contributed by atoms with Crippen molar-refractivity contribution in [2.24, 2.45) is 0 Å². The van der Waals surface area contributed by atoms with Gasteiger partial charge in [-0.3, -0.25) is 9.36 Å². The molecule has 5 rings (SSSR count). The number of hydrogen-bond donors (Lipinski definition) is 1. The summed E-state index contributed by atoms with van der Waals surface area (Å²) in [7, 11) is 0. The molecule has 1 aliphatic rings. The van der Waals surface area contributed by atoms with Crippen LogP contribution in [0, 0.1) is 6.92 Å². The largest absolute Gasteiger partial charge is 0.360 e. The molecule has 4 aromatic rings. The fraction of sp³-hybridized carbons (Fsp3) is 0.0909. The van der Waals surface area contributed by atoms with Crippen molar-refractivity contribution in [2.75, 3.05) is 5.32 Å². The molecule has 1 aliphatic heterocycles. The van der Waals surface area contributed by atoms with Gasteiger partial charge in [-0.05, 0) is 42.8 Å². The van der Waals surface area contributed by atoms with E-state index in [1.165, 1.54) is 5.56 Å². The summed E-state index contributed by atoms with van der Waals surface area (Å²) in [6.45, 7) is 2.06. The van der Waals surface area contributed by atoms with E-state index in [-0.39, 0.29) is 11.7 Å². The lowest BCUT2D eigenvalue weighted by Gasteiger charge is -2.31. The van der Waals surface area contributed by atoms with Crippen molar-refractivity contribution in [1.82, 2.24) is 9.55 Å². The molecule has 1 N–H and O–H groups in total. The molecule has 0 saturated carbocycles. The van der Waals surface area contributed by atoms with Crippen LogP contribution in [0.1, 0.15) is 17.3 Å². The Labute approximate surface area is 164 Å². The van der Waals surface area contributed by atoms with E-state index >= 15 is 0 Å². The van der Waals surface area contributed by atoms with Gasteiger partial charge in [-0.1, -0.05) is 57.9 Å². The lowest BCUT2D eigenvalue weighted by molar-refractivity contribution is 0.620. The monoisotopic (exact) mass is 417 g/mol. The molecule has 0 radical (unpaired) electrons. The second-order valence-electron chi connectivity index (χ2n) is 6.78. The van der Waals surface area contributed by atoms with Gasteiger partial charge in [-0.25, -0.2) is 4.98 Å². The van der Waals surface area contributed by atoms with Gasteiger partial charge in [0, 0.05) is 15.7 Å². The molecule has 0 saturated heterocycles. The zero-order chi connectivity index (χ0) is 18.5. The molecule has 1 aromatic heterocycles. The molecule has 27 heavy (non-hydrogen) atoms. The minimum absolute atomic E-state index is 0.0423. The summed E-state index contributed by atoms with van der Waals surface area (Å²) < 4.78 is 2.72. The maximum Gasteiger partial charge on any atom is 0.263 e. The number of fused-ring (bicyclic) bond motifs is 4. The van der Waals surface area contributed by atoms with Gasteiger partial charge in [0.1, 0.15) is 12.0 Å². The molecule has 0 aliphatic carbocycles. The first-order valence-corrected chi connectivity index (χ1v) is 9.55. The minimum atomic E-state index is -0.307. The quantitative estimate of drug-likeness (QED) is 0.468. The molecule has 0 bridgehead atoms. The summed E-state index contributed by atoms with van der Waals surface area (Å²) in [6.07, 6.45) is -0.307. The van der Waals surface area contributed by atoms with Crippen LogP contribution in [0.5, 0.6) is 0 Å². The van der Waals surface area contributed by atoms with Crippen molar-refractivity contribution in [3.63, 3.8) is 0 Å².